The summed E-state index contributed by atoms with van der Waals surface area (Å²) in [4.78, 5) is 23.9. The minimum atomic E-state index is -1.72. The molecule has 0 spiro atoms. The molecule has 0 aliphatic heterocycles. The summed E-state index contributed by atoms with van der Waals surface area (Å²) in [5.74, 6) is -0.941. The van der Waals surface area contributed by atoms with Crippen molar-refractivity contribution >= 4 is 11.8 Å². The van der Waals surface area contributed by atoms with Gasteiger partial charge in [-0.15, -0.1) is 0 Å². The number of aliphatic hydroxyl groups is 1. The fourth-order valence-electron chi connectivity index (χ4n) is 1.86. The maximum Gasteiger partial charge on any atom is 0.308 e. The van der Waals surface area contributed by atoms with E-state index >= 15 is 0 Å². The molecule has 1 N–H and O–H groups in total. The van der Waals surface area contributed by atoms with E-state index < -0.39 is 17.0 Å². The summed E-state index contributed by atoms with van der Waals surface area (Å²) in [7, 11) is 1.25. The van der Waals surface area contributed by atoms with Gasteiger partial charge in [-0.25, -0.2) is 0 Å². The number of carbonyl (C=O) groups is 2. The van der Waals surface area contributed by atoms with E-state index in [1.807, 2.05) is 26.8 Å². The Morgan fingerprint density at radius 3 is 1.95 bits per heavy atom. The molecule has 0 aromatic carbocycles. The number of carbonyl (C=O) groups excluding carboxylic acids is 2. The minimum Gasteiger partial charge on any atom is -0.469 e. The number of esters is 1. The van der Waals surface area contributed by atoms with E-state index in [0.717, 1.165) is 0 Å². The summed E-state index contributed by atoms with van der Waals surface area (Å²) in [5.41, 5.74) is -2.48. The highest BCUT2D eigenvalue weighted by atomic mass is 16.5. The molecule has 0 rings (SSSR count). The first-order chi connectivity index (χ1) is 8.82. The maximum atomic E-state index is 12.4. The molecule has 0 heterocycles. The Morgan fingerprint density at radius 1 is 1.10 bits per heavy atom. The van der Waals surface area contributed by atoms with Crippen LogP contribution in [0.5, 0.6) is 0 Å². The molecule has 0 saturated carbocycles. The second kappa shape index (κ2) is 6.53. The summed E-state index contributed by atoms with van der Waals surface area (Å²) in [6.45, 7) is 11.2. The Labute approximate surface area is 122 Å². The van der Waals surface area contributed by atoms with Crippen molar-refractivity contribution in [1.29, 1.82) is 0 Å². The van der Waals surface area contributed by atoms with E-state index in [0.29, 0.717) is 0 Å². The predicted octanol–water partition coefficient (Wildman–Crippen LogP) is 2.89. The number of hydrogen-bond donors (Lipinski definition) is 1. The molecule has 1 atom stereocenters. The van der Waals surface area contributed by atoms with Crippen LogP contribution in [0.4, 0.5) is 0 Å². The highest BCUT2D eigenvalue weighted by Crippen LogP contribution is 2.29. The second-order valence-corrected chi connectivity index (χ2v) is 7.34. The number of ether oxygens (including phenoxy) is 1. The lowest BCUT2D eigenvalue weighted by Gasteiger charge is -2.31. The molecule has 20 heavy (non-hydrogen) atoms. The average molecular weight is 284 g/mol. The first kappa shape index (κ1) is 18.8. The number of rotatable bonds is 5. The predicted molar refractivity (Wildman–Crippen MR) is 79.3 cm³/mol. The summed E-state index contributed by atoms with van der Waals surface area (Å²) >= 11 is 0. The molecular formula is C16H28O4. The molecular weight excluding hydrogens is 256 g/mol. The Bertz CT molecular complexity index is 382. The Hall–Kier alpha value is -1.16. The van der Waals surface area contributed by atoms with Gasteiger partial charge in [0, 0.05) is 11.8 Å². The number of ketones is 1. The molecule has 116 valence electrons. The van der Waals surface area contributed by atoms with Crippen LogP contribution in [0.25, 0.3) is 0 Å². The zero-order chi connectivity index (χ0) is 16.2. The normalized spacial score (nSPS) is 16.0. The van der Waals surface area contributed by atoms with Gasteiger partial charge >= 0.3 is 5.97 Å². The van der Waals surface area contributed by atoms with E-state index in [1.165, 1.54) is 7.11 Å². The van der Waals surface area contributed by atoms with Crippen LogP contribution >= 0.6 is 0 Å². The molecule has 0 aromatic rings. The van der Waals surface area contributed by atoms with Gasteiger partial charge in [-0.1, -0.05) is 53.7 Å². The molecule has 1 unspecified atom stereocenters. The van der Waals surface area contributed by atoms with E-state index in [4.69, 9.17) is 0 Å². The topological polar surface area (TPSA) is 63.6 Å². The lowest BCUT2D eigenvalue weighted by Crippen LogP contribution is -2.46. The van der Waals surface area contributed by atoms with Crippen molar-refractivity contribution in [3.8, 4) is 0 Å². The van der Waals surface area contributed by atoms with Crippen LogP contribution in [0.2, 0.25) is 0 Å². The molecule has 0 aliphatic rings. The van der Waals surface area contributed by atoms with E-state index in [-0.39, 0.29) is 24.0 Å². The van der Waals surface area contributed by atoms with Crippen molar-refractivity contribution in [2.24, 2.45) is 10.8 Å². The highest BCUT2D eigenvalue weighted by Gasteiger charge is 2.43. The molecule has 0 aromatic heterocycles. The van der Waals surface area contributed by atoms with Crippen molar-refractivity contribution in [3.05, 3.63) is 12.2 Å². The lowest BCUT2D eigenvalue weighted by atomic mass is 9.76. The molecule has 0 fully saturated rings. The number of methoxy groups -OCH3 is 1. The number of hydrogen-bond acceptors (Lipinski definition) is 4. The minimum absolute atomic E-state index is 0.0447. The van der Waals surface area contributed by atoms with Gasteiger partial charge < -0.3 is 9.84 Å². The summed E-state index contributed by atoms with van der Waals surface area (Å²) in [6.07, 6.45) is 3.46. The largest absolute Gasteiger partial charge is 0.469 e. The van der Waals surface area contributed by atoms with Crippen molar-refractivity contribution in [1.82, 2.24) is 0 Å². The Morgan fingerprint density at radius 2 is 1.60 bits per heavy atom. The van der Waals surface area contributed by atoms with Crippen LogP contribution in [0.3, 0.4) is 0 Å². The van der Waals surface area contributed by atoms with Crippen molar-refractivity contribution in [3.63, 3.8) is 0 Å². The molecule has 4 nitrogen and oxygen atoms in total. The summed E-state index contributed by atoms with van der Waals surface area (Å²) in [5, 5.41) is 10.6. The van der Waals surface area contributed by atoms with Crippen LogP contribution < -0.4 is 0 Å². The van der Waals surface area contributed by atoms with Gasteiger partial charge in [0.2, 0.25) is 0 Å². The zero-order valence-electron chi connectivity index (χ0n) is 13.7. The van der Waals surface area contributed by atoms with Gasteiger partial charge in [0.1, 0.15) is 5.60 Å². The van der Waals surface area contributed by atoms with Gasteiger partial charge in [-0.3, -0.25) is 9.59 Å². The molecule has 0 amide bonds. The third-order valence-electron chi connectivity index (χ3n) is 2.84. The van der Waals surface area contributed by atoms with Crippen LogP contribution in [0.1, 0.15) is 54.4 Å². The van der Waals surface area contributed by atoms with E-state index in [9.17, 15) is 14.7 Å². The third-order valence-corrected chi connectivity index (χ3v) is 2.84. The summed E-state index contributed by atoms with van der Waals surface area (Å²) in [6, 6.07) is 0. The van der Waals surface area contributed by atoms with Crippen LogP contribution in [0, 0.1) is 10.8 Å². The van der Waals surface area contributed by atoms with Crippen molar-refractivity contribution < 1.29 is 19.4 Å². The quantitative estimate of drug-likeness (QED) is 0.623. The van der Waals surface area contributed by atoms with E-state index in [1.54, 1.807) is 26.8 Å². The van der Waals surface area contributed by atoms with Gasteiger partial charge in [0.05, 0.1) is 13.5 Å². The molecule has 0 bridgehead atoms. The van der Waals surface area contributed by atoms with Gasteiger partial charge in [0.15, 0.2) is 5.78 Å². The highest BCUT2D eigenvalue weighted by molar-refractivity contribution is 5.94. The maximum absolute atomic E-state index is 12.4. The Balaban J connectivity index is 5.22. The van der Waals surface area contributed by atoms with Crippen LogP contribution in [-0.2, 0) is 14.3 Å². The first-order valence-electron chi connectivity index (χ1n) is 6.84. The molecule has 0 radical (unpaired) electrons. The summed E-state index contributed by atoms with van der Waals surface area (Å²) < 4.78 is 4.58. The van der Waals surface area contributed by atoms with Crippen molar-refractivity contribution in [2.45, 2.75) is 60.0 Å². The van der Waals surface area contributed by atoms with Gasteiger partial charge in [-0.05, 0) is 5.41 Å². The number of Topliss-reactive ketones (excluding diaryl/α,β-unsaturated/α-hetero) is 1. The van der Waals surface area contributed by atoms with Gasteiger partial charge in [-0.2, -0.15) is 0 Å². The lowest BCUT2D eigenvalue weighted by molar-refractivity contribution is -0.157. The van der Waals surface area contributed by atoms with E-state index in [2.05, 4.69) is 4.74 Å². The monoisotopic (exact) mass is 284 g/mol. The van der Waals surface area contributed by atoms with Crippen LogP contribution in [0.15, 0.2) is 12.2 Å². The second-order valence-electron chi connectivity index (χ2n) is 7.34. The fraction of sp³-hybridized carbons (Fsp3) is 0.750. The standard InChI is InChI=1S/C16H28O4/c1-14(2,3)9-8-10-16(19,11-12(17)20-7)13(18)15(4,5)6/h8-9,19H,10-11H2,1-7H3/b9-8+. The van der Waals surface area contributed by atoms with Gasteiger partial charge in [0.25, 0.3) is 0 Å². The molecule has 4 heteroatoms. The number of allylic oxidation sites excluding steroid dienone is 1. The fourth-order valence-corrected chi connectivity index (χ4v) is 1.86. The molecule has 0 saturated heterocycles. The third kappa shape index (κ3) is 6.33. The average Bonchev–Trinajstić information content (AvgIpc) is 2.24. The smallest absolute Gasteiger partial charge is 0.308 e. The SMILES string of the molecule is COC(=O)CC(O)(C/C=C/C(C)(C)C)C(=O)C(C)(C)C. The van der Waals surface area contributed by atoms with Crippen LogP contribution in [-0.4, -0.2) is 29.6 Å². The Kier molecular flexibility index (Phi) is 6.15. The molecule has 0 aliphatic carbocycles. The van der Waals surface area contributed by atoms with Crippen molar-refractivity contribution in [2.75, 3.05) is 7.11 Å². The zero-order valence-corrected chi connectivity index (χ0v) is 13.7. The first-order valence-corrected chi connectivity index (χ1v) is 6.84.